The van der Waals surface area contributed by atoms with E-state index in [1.54, 1.807) is 18.3 Å². The fraction of sp³-hybridized carbons (Fsp3) is 0. The lowest BCUT2D eigenvalue weighted by atomic mass is 10.3. The summed E-state index contributed by atoms with van der Waals surface area (Å²) in [5, 5.41) is 9.20. The Hall–Kier alpha value is -1.01. The molecule has 0 atom stereocenters. The SMILES string of the molecule is [CH2]Sc1ncccc1C#N. The highest BCUT2D eigenvalue weighted by atomic mass is 32.2. The summed E-state index contributed by atoms with van der Waals surface area (Å²) in [7, 11) is 0. The monoisotopic (exact) mass is 149 g/mol. The number of hydrogen-bond donors (Lipinski definition) is 0. The first-order chi connectivity index (χ1) is 4.88. The van der Waals surface area contributed by atoms with E-state index < -0.39 is 0 Å². The number of pyridine rings is 1. The van der Waals surface area contributed by atoms with Gasteiger partial charge in [-0.3, -0.25) is 0 Å². The third-order valence-electron chi connectivity index (χ3n) is 1.03. The van der Waals surface area contributed by atoms with Crippen LogP contribution in [0.5, 0.6) is 0 Å². The second-order valence-electron chi connectivity index (χ2n) is 1.61. The maximum absolute atomic E-state index is 8.52. The molecule has 2 nitrogen and oxygen atoms in total. The highest BCUT2D eigenvalue weighted by Gasteiger charge is 1.97. The first kappa shape index (κ1) is 7.10. The van der Waals surface area contributed by atoms with E-state index in [0.29, 0.717) is 10.6 Å². The average molecular weight is 149 g/mol. The van der Waals surface area contributed by atoms with Gasteiger partial charge in [-0.25, -0.2) is 4.98 Å². The Bertz CT molecular complexity index is 265. The number of thioether (sulfide) groups is 1. The van der Waals surface area contributed by atoms with Gasteiger partial charge in [0, 0.05) is 12.5 Å². The Labute approximate surface area is 63.9 Å². The second kappa shape index (κ2) is 3.23. The van der Waals surface area contributed by atoms with Gasteiger partial charge in [-0.1, -0.05) is 0 Å². The Balaban J connectivity index is 3.12. The lowest BCUT2D eigenvalue weighted by Gasteiger charge is -1.94. The molecule has 3 heteroatoms. The van der Waals surface area contributed by atoms with Crippen molar-refractivity contribution in [2.75, 3.05) is 0 Å². The van der Waals surface area contributed by atoms with Gasteiger partial charge in [0.25, 0.3) is 0 Å². The van der Waals surface area contributed by atoms with Crippen molar-refractivity contribution in [2.24, 2.45) is 0 Å². The minimum Gasteiger partial charge on any atom is -0.249 e. The minimum absolute atomic E-state index is 0.586. The van der Waals surface area contributed by atoms with E-state index in [0.717, 1.165) is 0 Å². The molecule has 1 aromatic rings. The Kier molecular flexibility index (Phi) is 2.30. The van der Waals surface area contributed by atoms with Gasteiger partial charge in [-0.15, -0.1) is 11.8 Å². The van der Waals surface area contributed by atoms with Crippen LogP contribution in [0.15, 0.2) is 23.4 Å². The quantitative estimate of drug-likeness (QED) is 0.571. The summed E-state index contributed by atoms with van der Waals surface area (Å²) >= 11 is 1.24. The molecule has 0 fully saturated rings. The van der Waals surface area contributed by atoms with Crippen molar-refractivity contribution in [3.05, 3.63) is 30.1 Å². The van der Waals surface area contributed by atoms with Crippen LogP contribution in [0.4, 0.5) is 0 Å². The molecule has 0 amide bonds. The van der Waals surface area contributed by atoms with Crippen LogP contribution < -0.4 is 0 Å². The largest absolute Gasteiger partial charge is 0.249 e. The third-order valence-corrected chi connectivity index (χ3v) is 1.63. The maximum atomic E-state index is 8.52. The summed E-state index contributed by atoms with van der Waals surface area (Å²) in [4.78, 5) is 3.95. The first-order valence-corrected chi connectivity index (χ1v) is 3.64. The summed E-state index contributed by atoms with van der Waals surface area (Å²) in [5.74, 6) is 0. The predicted octanol–water partition coefficient (Wildman–Crippen LogP) is 1.84. The van der Waals surface area contributed by atoms with Crippen molar-refractivity contribution in [1.82, 2.24) is 4.98 Å². The molecule has 0 aliphatic heterocycles. The first-order valence-electron chi connectivity index (χ1n) is 2.65. The van der Waals surface area contributed by atoms with Crippen LogP contribution in [0.25, 0.3) is 0 Å². The molecule has 1 radical (unpaired) electrons. The number of aromatic nitrogens is 1. The van der Waals surface area contributed by atoms with Crippen molar-refractivity contribution in [2.45, 2.75) is 5.03 Å². The summed E-state index contributed by atoms with van der Waals surface area (Å²) in [6, 6.07) is 5.48. The van der Waals surface area contributed by atoms with Crippen molar-refractivity contribution in [1.29, 1.82) is 5.26 Å². The normalized spacial score (nSPS) is 8.80. The molecule has 10 heavy (non-hydrogen) atoms. The van der Waals surface area contributed by atoms with Gasteiger partial charge < -0.3 is 0 Å². The van der Waals surface area contributed by atoms with Gasteiger partial charge in [0.2, 0.25) is 0 Å². The van der Waals surface area contributed by atoms with Crippen molar-refractivity contribution >= 4 is 11.8 Å². The molecule has 49 valence electrons. The molecule has 0 aliphatic carbocycles. The molecule has 0 aromatic carbocycles. The molecule has 1 aromatic heterocycles. The van der Waals surface area contributed by atoms with Crippen LogP contribution in [0.2, 0.25) is 0 Å². The molecule has 0 bridgehead atoms. The van der Waals surface area contributed by atoms with Crippen LogP contribution in [0.1, 0.15) is 5.56 Å². The Morgan fingerprint density at radius 2 is 2.50 bits per heavy atom. The van der Waals surface area contributed by atoms with E-state index in [1.807, 2.05) is 6.07 Å². The Morgan fingerprint density at radius 3 is 3.00 bits per heavy atom. The summed E-state index contributed by atoms with van der Waals surface area (Å²) in [6.45, 7) is 0. The standard InChI is InChI=1S/C7H5N2S/c1-10-7-6(5-8)3-2-4-9-7/h2-4H,1H2. The summed E-state index contributed by atoms with van der Waals surface area (Å²) < 4.78 is 0. The minimum atomic E-state index is 0.586. The molecule has 0 N–H and O–H groups in total. The molecule has 1 rings (SSSR count). The molecule has 0 spiro atoms. The second-order valence-corrected chi connectivity index (χ2v) is 2.29. The zero-order valence-corrected chi connectivity index (χ0v) is 6.06. The number of nitriles is 1. The van der Waals surface area contributed by atoms with Gasteiger partial charge in [-0.05, 0) is 12.1 Å². The van der Waals surface area contributed by atoms with E-state index in [1.165, 1.54) is 11.8 Å². The predicted molar refractivity (Wildman–Crippen MR) is 40.2 cm³/mol. The molecule has 0 unspecified atom stereocenters. The molecular weight excluding hydrogens is 144 g/mol. The van der Waals surface area contributed by atoms with Crippen LogP contribution in [-0.4, -0.2) is 4.98 Å². The van der Waals surface area contributed by atoms with E-state index in [4.69, 9.17) is 5.26 Å². The molecule has 1 heterocycles. The van der Waals surface area contributed by atoms with Crippen molar-refractivity contribution < 1.29 is 0 Å². The smallest absolute Gasteiger partial charge is 0.114 e. The molecule has 0 aliphatic rings. The molecular formula is C7H5N2S. The number of nitrogens with zero attached hydrogens (tertiary/aromatic N) is 2. The molecule has 0 saturated heterocycles. The summed E-state index contributed by atoms with van der Waals surface area (Å²) in [5.41, 5.74) is 0.586. The van der Waals surface area contributed by atoms with Gasteiger partial charge in [0.05, 0.1) is 5.56 Å². The lowest BCUT2D eigenvalue weighted by molar-refractivity contribution is 1.12. The van der Waals surface area contributed by atoms with Gasteiger partial charge in [0.1, 0.15) is 11.1 Å². The van der Waals surface area contributed by atoms with E-state index >= 15 is 0 Å². The maximum Gasteiger partial charge on any atom is 0.114 e. The van der Waals surface area contributed by atoms with Crippen LogP contribution in [-0.2, 0) is 0 Å². The average Bonchev–Trinajstić information content (AvgIpc) is 2.04. The van der Waals surface area contributed by atoms with E-state index in [9.17, 15) is 0 Å². The fourth-order valence-corrected chi connectivity index (χ4v) is 0.996. The zero-order valence-electron chi connectivity index (χ0n) is 5.24. The molecule has 0 saturated carbocycles. The van der Waals surface area contributed by atoms with E-state index in [-0.39, 0.29) is 0 Å². The van der Waals surface area contributed by atoms with Gasteiger partial charge in [0.15, 0.2) is 0 Å². The zero-order chi connectivity index (χ0) is 7.40. The summed E-state index contributed by atoms with van der Waals surface area (Å²) in [6.07, 6.45) is 5.21. The topological polar surface area (TPSA) is 36.7 Å². The third kappa shape index (κ3) is 1.28. The highest BCUT2D eigenvalue weighted by molar-refractivity contribution is 8.00. The van der Waals surface area contributed by atoms with Gasteiger partial charge in [-0.2, -0.15) is 5.26 Å². The van der Waals surface area contributed by atoms with Crippen LogP contribution >= 0.6 is 11.8 Å². The lowest BCUT2D eigenvalue weighted by Crippen LogP contribution is -1.81. The van der Waals surface area contributed by atoms with Crippen LogP contribution in [0, 0.1) is 17.6 Å². The van der Waals surface area contributed by atoms with Gasteiger partial charge >= 0.3 is 0 Å². The van der Waals surface area contributed by atoms with Crippen LogP contribution in [0.3, 0.4) is 0 Å². The fourth-order valence-electron chi connectivity index (χ4n) is 0.591. The number of hydrogen-bond acceptors (Lipinski definition) is 3. The van der Waals surface area contributed by atoms with Crippen molar-refractivity contribution in [3.8, 4) is 6.07 Å². The number of rotatable bonds is 1. The highest BCUT2D eigenvalue weighted by Crippen LogP contribution is 2.16. The van der Waals surface area contributed by atoms with E-state index in [2.05, 4.69) is 11.2 Å². The van der Waals surface area contributed by atoms with Crippen molar-refractivity contribution in [3.63, 3.8) is 0 Å². The Morgan fingerprint density at radius 1 is 1.70 bits per heavy atom.